The summed E-state index contributed by atoms with van der Waals surface area (Å²) in [5.41, 5.74) is 1.65. The second-order valence-electron chi connectivity index (χ2n) is 5.03. The zero-order chi connectivity index (χ0) is 16.5. The first kappa shape index (κ1) is 16.6. The number of ether oxygens (including phenoxy) is 1. The van der Waals surface area contributed by atoms with Crippen molar-refractivity contribution in [3.05, 3.63) is 60.2 Å². The Bertz CT molecular complexity index is 592. The van der Waals surface area contributed by atoms with Crippen molar-refractivity contribution in [2.45, 2.75) is 31.8 Å². The highest BCUT2D eigenvalue weighted by molar-refractivity contribution is 5.70. The van der Waals surface area contributed by atoms with Gasteiger partial charge in [-0.15, -0.1) is 0 Å². The fraction of sp³-hybridized carbons (Fsp3) is 0.294. The molecule has 0 aromatic carbocycles. The number of rotatable bonds is 8. The number of carboxylic acids is 1. The molecule has 0 aliphatic heterocycles. The molecule has 2 heterocycles. The van der Waals surface area contributed by atoms with E-state index in [0.29, 0.717) is 12.8 Å². The summed E-state index contributed by atoms with van der Waals surface area (Å²) in [5, 5.41) is 8.59. The highest BCUT2D eigenvalue weighted by Crippen LogP contribution is 2.25. The van der Waals surface area contributed by atoms with Gasteiger partial charge in [0.05, 0.1) is 0 Å². The quantitative estimate of drug-likeness (QED) is 0.595. The minimum Gasteiger partial charge on any atom is -0.481 e. The molecule has 0 aliphatic rings. The predicted molar refractivity (Wildman–Crippen MR) is 82.5 cm³/mol. The molecule has 0 amide bonds. The van der Waals surface area contributed by atoms with E-state index in [-0.39, 0.29) is 18.8 Å². The molecule has 0 bridgehead atoms. The van der Waals surface area contributed by atoms with Crippen molar-refractivity contribution in [2.75, 3.05) is 0 Å². The van der Waals surface area contributed by atoms with Gasteiger partial charge in [-0.05, 0) is 37.1 Å². The van der Waals surface area contributed by atoms with E-state index in [1.165, 1.54) is 0 Å². The fourth-order valence-electron chi connectivity index (χ4n) is 2.14. The molecular formula is C17H18N2O4. The Morgan fingerprint density at radius 2 is 1.39 bits per heavy atom. The van der Waals surface area contributed by atoms with Crippen LogP contribution in [0.5, 0.6) is 0 Å². The van der Waals surface area contributed by atoms with Gasteiger partial charge in [-0.3, -0.25) is 19.6 Å². The molecule has 2 rings (SSSR count). The predicted octanol–water partition coefficient (Wildman–Crippen LogP) is 2.75. The first-order valence-electron chi connectivity index (χ1n) is 7.38. The maximum absolute atomic E-state index is 12.0. The van der Waals surface area contributed by atoms with Gasteiger partial charge < -0.3 is 9.84 Å². The van der Waals surface area contributed by atoms with Crippen LogP contribution in [-0.4, -0.2) is 27.0 Å². The summed E-state index contributed by atoms with van der Waals surface area (Å²) in [6.07, 6.45) is 7.26. The normalized spacial score (nSPS) is 10.5. The standard InChI is InChI=1S/C17H18N2O4/c20-15(21)3-1-2-4-16(22)23-17(13-5-9-18-10-6-13)14-7-11-19-12-8-14/h5-12,17H,1-4H2,(H,20,21). The van der Waals surface area contributed by atoms with E-state index in [9.17, 15) is 9.59 Å². The van der Waals surface area contributed by atoms with Crippen LogP contribution in [0.3, 0.4) is 0 Å². The second-order valence-corrected chi connectivity index (χ2v) is 5.03. The summed E-state index contributed by atoms with van der Waals surface area (Å²) in [4.78, 5) is 30.4. The van der Waals surface area contributed by atoms with Gasteiger partial charge in [-0.1, -0.05) is 0 Å². The minimum absolute atomic E-state index is 0.0609. The number of aromatic nitrogens is 2. The van der Waals surface area contributed by atoms with Gasteiger partial charge >= 0.3 is 11.9 Å². The maximum Gasteiger partial charge on any atom is 0.306 e. The Labute approximate surface area is 134 Å². The zero-order valence-electron chi connectivity index (χ0n) is 12.6. The molecule has 0 aliphatic carbocycles. The van der Waals surface area contributed by atoms with Crippen LogP contribution in [0.1, 0.15) is 42.9 Å². The molecule has 6 nitrogen and oxygen atoms in total. The van der Waals surface area contributed by atoms with Crippen molar-refractivity contribution in [2.24, 2.45) is 0 Å². The largest absolute Gasteiger partial charge is 0.481 e. The van der Waals surface area contributed by atoms with Crippen LogP contribution in [0.4, 0.5) is 0 Å². The van der Waals surface area contributed by atoms with Gasteiger partial charge in [0.15, 0.2) is 6.10 Å². The van der Waals surface area contributed by atoms with Gasteiger partial charge in [-0.2, -0.15) is 0 Å². The van der Waals surface area contributed by atoms with Gasteiger partial charge in [0.25, 0.3) is 0 Å². The molecule has 0 saturated carbocycles. The topological polar surface area (TPSA) is 89.4 Å². The molecule has 23 heavy (non-hydrogen) atoms. The molecule has 0 radical (unpaired) electrons. The average molecular weight is 314 g/mol. The lowest BCUT2D eigenvalue weighted by atomic mass is 10.0. The van der Waals surface area contributed by atoms with Crippen LogP contribution in [0, 0.1) is 0 Å². The molecule has 6 heteroatoms. The van der Waals surface area contributed by atoms with E-state index in [1.54, 1.807) is 49.1 Å². The van der Waals surface area contributed by atoms with Crippen molar-refractivity contribution >= 4 is 11.9 Å². The smallest absolute Gasteiger partial charge is 0.306 e. The number of nitrogens with zero attached hydrogens (tertiary/aromatic N) is 2. The highest BCUT2D eigenvalue weighted by atomic mass is 16.5. The first-order chi connectivity index (χ1) is 11.2. The summed E-state index contributed by atoms with van der Waals surface area (Å²) in [7, 11) is 0. The van der Waals surface area contributed by atoms with Crippen molar-refractivity contribution in [3.63, 3.8) is 0 Å². The average Bonchev–Trinajstić information content (AvgIpc) is 2.58. The molecule has 0 fully saturated rings. The van der Waals surface area contributed by atoms with E-state index in [0.717, 1.165) is 11.1 Å². The van der Waals surface area contributed by atoms with E-state index < -0.39 is 12.1 Å². The van der Waals surface area contributed by atoms with Crippen molar-refractivity contribution in [1.82, 2.24) is 9.97 Å². The number of unbranched alkanes of at least 4 members (excludes halogenated alkanes) is 1. The lowest BCUT2D eigenvalue weighted by Crippen LogP contribution is -2.13. The van der Waals surface area contributed by atoms with Crippen LogP contribution in [0.2, 0.25) is 0 Å². The van der Waals surface area contributed by atoms with Gasteiger partial charge in [0.1, 0.15) is 0 Å². The van der Waals surface area contributed by atoms with E-state index in [1.807, 2.05) is 0 Å². The summed E-state index contributed by atoms with van der Waals surface area (Å²) in [6.45, 7) is 0. The Morgan fingerprint density at radius 1 is 0.913 bits per heavy atom. The van der Waals surface area contributed by atoms with Crippen molar-refractivity contribution in [1.29, 1.82) is 0 Å². The van der Waals surface area contributed by atoms with Gasteiger partial charge in [-0.25, -0.2) is 0 Å². The SMILES string of the molecule is O=C(O)CCCCC(=O)OC(c1ccncc1)c1ccncc1. The third-order valence-corrected chi connectivity index (χ3v) is 3.29. The number of esters is 1. The van der Waals surface area contributed by atoms with Gasteiger partial charge in [0.2, 0.25) is 0 Å². The molecule has 0 unspecified atom stereocenters. The van der Waals surface area contributed by atoms with E-state index in [2.05, 4.69) is 9.97 Å². The first-order valence-corrected chi connectivity index (χ1v) is 7.38. The van der Waals surface area contributed by atoms with Crippen LogP contribution < -0.4 is 0 Å². The molecule has 2 aromatic rings. The van der Waals surface area contributed by atoms with Crippen LogP contribution in [-0.2, 0) is 14.3 Å². The monoisotopic (exact) mass is 314 g/mol. The molecule has 2 aromatic heterocycles. The van der Waals surface area contributed by atoms with Crippen LogP contribution in [0.25, 0.3) is 0 Å². The lowest BCUT2D eigenvalue weighted by molar-refractivity contribution is -0.148. The number of pyridine rings is 2. The molecule has 0 saturated heterocycles. The van der Waals surface area contributed by atoms with E-state index in [4.69, 9.17) is 9.84 Å². The number of hydrogen-bond acceptors (Lipinski definition) is 5. The number of carbonyl (C=O) groups is 2. The fourth-order valence-corrected chi connectivity index (χ4v) is 2.14. The summed E-state index contributed by atoms with van der Waals surface area (Å²) < 4.78 is 5.59. The Kier molecular flexibility index (Phi) is 6.23. The number of carboxylic acid groups (broad SMARTS) is 1. The van der Waals surface area contributed by atoms with Crippen molar-refractivity contribution < 1.29 is 19.4 Å². The Morgan fingerprint density at radius 3 is 1.87 bits per heavy atom. The van der Waals surface area contributed by atoms with E-state index >= 15 is 0 Å². The number of aliphatic carboxylic acids is 1. The minimum atomic E-state index is -0.857. The van der Waals surface area contributed by atoms with Gasteiger partial charge in [0, 0.05) is 48.8 Å². The third-order valence-electron chi connectivity index (χ3n) is 3.29. The van der Waals surface area contributed by atoms with Crippen LogP contribution >= 0.6 is 0 Å². The summed E-state index contributed by atoms with van der Waals surface area (Å²) in [5.74, 6) is -1.21. The number of carbonyl (C=O) groups excluding carboxylic acids is 1. The molecular weight excluding hydrogens is 296 g/mol. The molecule has 0 spiro atoms. The third kappa shape index (κ3) is 5.50. The van der Waals surface area contributed by atoms with Crippen molar-refractivity contribution in [3.8, 4) is 0 Å². The highest BCUT2D eigenvalue weighted by Gasteiger charge is 2.18. The Hall–Kier alpha value is -2.76. The Balaban J connectivity index is 2.01. The van der Waals surface area contributed by atoms with Crippen LogP contribution in [0.15, 0.2) is 49.1 Å². The second kappa shape index (κ2) is 8.63. The molecule has 120 valence electrons. The maximum atomic E-state index is 12.0. The molecule has 0 atom stereocenters. The molecule has 1 N–H and O–H groups in total. The number of hydrogen-bond donors (Lipinski definition) is 1. The lowest BCUT2D eigenvalue weighted by Gasteiger charge is -2.18. The summed E-state index contributed by atoms with van der Waals surface area (Å²) in [6, 6.07) is 7.18. The zero-order valence-corrected chi connectivity index (χ0v) is 12.6. The summed E-state index contributed by atoms with van der Waals surface area (Å²) >= 11 is 0.